The minimum Gasteiger partial charge on any atom is -0.297 e. The molecule has 1 saturated carbocycles. The molecule has 0 aromatic carbocycles. The van der Waals surface area contributed by atoms with Gasteiger partial charge in [-0.3, -0.25) is 4.99 Å². The van der Waals surface area contributed by atoms with E-state index in [4.69, 9.17) is 0 Å². The Morgan fingerprint density at radius 2 is 2.07 bits per heavy atom. The van der Waals surface area contributed by atoms with Crippen LogP contribution in [0, 0.1) is 11.8 Å². The van der Waals surface area contributed by atoms with Crippen LogP contribution in [0.4, 0.5) is 13.2 Å². The first-order valence-electron chi connectivity index (χ1n) is 5.55. The minimum atomic E-state index is -4.11. The van der Waals surface area contributed by atoms with Crippen molar-refractivity contribution in [2.75, 3.05) is 6.54 Å². The van der Waals surface area contributed by atoms with Crippen molar-refractivity contribution in [3.05, 3.63) is 0 Å². The number of aliphatic imine (C=N–C) groups is 1. The summed E-state index contributed by atoms with van der Waals surface area (Å²) in [7, 11) is 0. The van der Waals surface area contributed by atoms with Crippen LogP contribution in [0.5, 0.6) is 0 Å². The van der Waals surface area contributed by atoms with E-state index in [2.05, 4.69) is 4.99 Å². The van der Waals surface area contributed by atoms with E-state index in [1.165, 1.54) is 26.2 Å². The highest BCUT2D eigenvalue weighted by atomic mass is 19.4. The number of halogens is 3. The molecule has 1 aliphatic carbocycles. The zero-order valence-electron chi connectivity index (χ0n) is 9.06. The standard InChI is InChI=1S/C11H18F3N/c1-9(11(12,13)14)8-15-7-3-6-10-4-2-5-10/h7,9-10H,2-6,8H2,1H3/b15-7-/t9-/m0/s1. The Bertz CT molecular complexity index is 206. The third-order valence-electron chi connectivity index (χ3n) is 3.00. The van der Waals surface area contributed by atoms with E-state index >= 15 is 0 Å². The van der Waals surface area contributed by atoms with Gasteiger partial charge in [0.25, 0.3) is 0 Å². The van der Waals surface area contributed by atoms with Gasteiger partial charge >= 0.3 is 6.18 Å². The van der Waals surface area contributed by atoms with Gasteiger partial charge in [-0.1, -0.05) is 26.2 Å². The monoisotopic (exact) mass is 221 g/mol. The highest BCUT2D eigenvalue weighted by Gasteiger charge is 2.35. The van der Waals surface area contributed by atoms with Gasteiger partial charge in [-0.05, 0) is 25.0 Å². The average molecular weight is 221 g/mol. The minimum absolute atomic E-state index is 0.131. The molecule has 0 aromatic rings. The maximum atomic E-state index is 12.1. The van der Waals surface area contributed by atoms with E-state index in [-0.39, 0.29) is 6.54 Å². The van der Waals surface area contributed by atoms with Crippen molar-refractivity contribution in [2.45, 2.75) is 45.2 Å². The van der Waals surface area contributed by atoms with Crippen LogP contribution >= 0.6 is 0 Å². The molecule has 0 heterocycles. The van der Waals surface area contributed by atoms with E-state index in [9.17, 15) is 13.2 Å². The van der Waals surface area contributed by atoms with Gasteiger partial charge in [0.15, 0.2) is 0 Å². The van der Waals surface area contributed by atoms with Gasteiger partial charge < -0.3 is 0 Å². The van der Waals surface area contributed by atoms with Crippen LogP contribution in [0.1, 0.15) is 39.0 Å². The molecule has 0 amide bonds. The van der Waals surface area contributed by atoms with Crippen molar-refractivity contribution in [2.24, 2.45) is 16.8 Å². The number of alkyl halides is 3. The van der Waals surface area contributed by atoms with Crippen LogP contribution in [0.15, 0.2) is 4.99 Å². The van der Waals surface area contributed by atoms with E-state index < -0.39 is 12.1 Å². The fraction of sp³-hybridized carbons (Fsp3) is 0.909. The maximum absolute atomic E-state index is 12.1. The molecule has 1 fully saturated rings. The van der Waals surface area contributed by atoms with Crippen LogP contribution in [0.25, 0.3) is 0 Å². The number of nitrogens with zero attached hydrogens (tertiary/aromatic N) is 1. The van der Waals surface area contributed by atoms with Gasteiger partial charge in [0.05, 0.1) is 5.92 Å². The van der Waals surface area contributed by atoms with Crippen molar-refractivity contribution in [1.82, 2.24) is 0 Å². The van der Waals surface area contributed by atoms with Gasteiger partial charge in [0.2, 0.25) is 0 Å². The van der Waals surface area contributed by atoms with Gasteiger partial charge in [0, 0.05) is 6.54 Å². The average Bonchev–Trinajstić information content (AvgIpc) is 2.05. The quantitative estimate of drug-likeness (QED) is 0.625. The second kappa shape index (κ2) is 5.52. The van der Waals surface area contributed by atoms with Crippen molar-refractivity contribution >= 4 is 6.21 Å². The fourth-order valence-electron chi connectivity index (χ4n) is 1.52. The number of hydrogen-bond donors (Lipinski definition) is 0. The van der Waals surface area contributed by atoms with Gasteiger partial charge in [-0.2, -0.15) is 13.2 Å². The normalized spacial score (nSPS) is 20.5. The van der Waals surface area contributed by atoms with Crippen molar-refractivity contribution < 1.29 is 13.2 Å². The molecule has 1 atom stereocenters. The molecular weight excluding hydrogens is 203 g/mol. The molecule has 0 aliphatic heterocycles. The topological polar surface area (TPSA) is 12.4 Å². The first-order valence-corrected chi connectivity index (χ1v) is 5.55. The molecule has 0 bridgehead atoms. The second-order valence-corrected chi connectivity index (χ2v) is 4.36. The predicted molar refractivity (Wildman–Crippen MR) is 55.2 cm³/mol. The summed E-state index contributed by atoms with van der Waals surface area (Å²) in [5.41, 5.74) is 0. The van der Waals surface area contributed by atoms with Crippen LogP contribution in [-0.2, 0) is 0 Å². The summed E-state index contributed by atoms with van der Waals surface area (Å²) in [5, 5.41) is 0. The Hall–Kier alpha value is -0.540. The van der Waals surface area contributed by atoms with E-state index in [1.54, 1.807) is 6.21 Å². The molecule has 88 valence electrons. The first-order chi connectivity index (χ1) is 7.00. The predicted octanol–water partition coefficient (Wildman–Crippen LogP) is 3.84. The van der Waals surface area contributed by atoms with Crippen LogP contribution < -0.4 is 0 Å². The van der Waals surface area contributed by atoms with Crippen molar-refractivity contribution in [1.29, 1.82) is 0 Å². The van der Waals surface area contributed by atoms with Crippen molar-refractivity contribution in [3.8, 4) is 0 Å². The molecule has 0 N–H and O–H groups in total. The summed E-state index contributed by atoms with van der Waals surface area (Å²) < 4.78 is 36.2. The third-order valence-corrected chi connectivity index (χ3v) is 3.00. The Balaban J connectivity index is 2.05. The van der Waals surface area contributed by atoms with Crippen molar-refractivity contribution in [3.63, 3.8) is 0 Å². The van der Waals surface area contributed by atoms with E-state index in [1.807, 2.05) is 0 Å². The summed E-state index contributed by atoms with van der Waals surface area (Å²) in [4.78, 5) is 3.82. The highest BCUT2D eigenvalue weighted by Crippen LogP contribution is 2.30. The molecule has 0 radical (unpaired) electrons. The second-order valence-electron chi connectivity index (χ2n) is 4.36. The SMILES string of the molecule is C[C@@H](C/N=C\CCC1CCC1)C(F)(F)F. The third kappa shape index (κ3) is 4.67. The number of rotatable bonds is 5. The maximum Gasteiger partial charge on any atom is 0.393 e. The Morgan fingerprint density at radius 1 is 1.40 bits per heavy atom. The van der Waals surface area contributed by atoms with Crippen LogP contribution in [-0.4, -0.2) is 18.9 Å². The molecule has 4 heteroatoms. The van der Waals surface area contributed by atoms with Gasteiger partial charge in [-0.25, -0.2) is 0 Å². The number of hydrogen-bond acceptors (Lipinski definition) is 1. The zero-order chi connectivity index (χ0) is 11.3. The van der Waals surface area contributed by atoms with E-state index in [0.717, 1.165) is 18.8 Å². The van der Waals surface area contributed by atoms with Gasteiger partial charge in [-0.15, -0.1) is 0 Å². The zero-order valence-corrected chi connectivity index (χ0v) is 9.06. The fourth-order valence-corrected chi connectivity index (χ4v) is 1.52. The molecule has 1 nitrogen and oxygen atoms in total. The molecule has 1 rings (SSSR count). The Kier molecular flexibility index (Phi) is 4.61. The molecule has 0 aromatic heterocycles. The van der Waals surface area contributed by atoms with Crippen LogP contribution in [0.3, 0.4) is 0 Å². The molecule has 15 heavy (non-hydrogen) atoms. The Morgan fingerprint density at radius 3 is 2.53 bits per heavy atom. The summed E-state index contributed by atoms with van der Waals surface area (Å²) in [6, 6.07) is 0. The summed E-state index contributed by atoms with van der Waals surface area (Å²) >= 11 is 0. The molecule has 0 spiro atoms. The summed E-state index contributed by atoms with van der Waals surface area (Å²) in [6.07, 6.45) is 3.34. The summed E-state index contributed by atoms with van der Waals surface area (Å²) in [5.74, 6) is -0.519. The van der Waals surface area contributed by atoms with E-state index in [0.29, 0.717) is 0 Å². The van der Waals surface area contributed by atoms with Crippen LogP contribution in [0.2, 0.25) is 0 Å². The Labute approximate surface area is 88.8 Å². The largest absolute Gasteiger partial charge is 0.393 e. The lowest BCUT2D eigenvalue weighted by Crippen LogP contribution is -2.22. The lowest BCUT2D eigenvalue weighted by molar-refractivity contribution is -0.166. The summed E-state index contributed by atoms with van der Waals surface area (Å²) in [6.45, 7) is 1.04. The smallest absolute Gasteiger partial charge is 0.297 e. The lowest BCUT2D eigenvalue weighted by atomic mass is 9.82. The lowest BCUT2D eigenvalue weighted by Gasteiger charge is -2.24. The molecular formula is C11H18F3N. The molecule has 0 unspecified atom stereocenters. The molecule has 1 aliphatic rings. The highest BCUT2D eigenvalue weighted by molar-refractivity contribution is 5.57. The van der Waals surface area contributed by atoms with Gasteiger partial charge in [0.1, 0.15) is 0 Å². The first kappa shape index (κ1) is 12.5. The molecule has 0 saturated heterocycles.